The molecule has 2 aromatic heterocycles. The molecule has 0 bridgehead atoms. The first-order chi connectivity index (χ1) is 9.38. The van der Waals surface area contributed by atoms with Gasteiger partial charge in [-0.2, -0.15) is 16.1 Å². The summed E-state index contributed by atoms with van der Waals surface area (Å²) >= 11 is 1.64. The third-order valence-corrected chi connectivity index (χ3v) is 3.59. The number of tetrazole rings is 1. The first-order valence-electron chi connectivity index (χ1n) is 5.95. The third kappa shape index (κ3) is 2.40. The van der Waals surface area contributed by atoms with Gasteiger partial charge in [0.15, 0.2) is 0 Å². The van der Waals surface area contributed by atoms with Crippen molar-refractivity contribution in [1.29, 1.82) is 0 Å². The van der Waals surface area contributed by atoms with E-state index in [2.05, 4.69) is 20.8 Å². The lowest BCUT2D eigenvalue weighted by Crippen LogP contribution is -2.22. The molecule has 0 amide bonds. The quantitative estimate of drug-likeness (QED) is 0.787. The van der Waals surface area contributed by atoms with Crippen molar-refractivity contribution in [1.82, 2.24) is 20.2 Å². The number of nitrogens with zero attached hydrogens (tertiary/aromatic N) is 4. The lowest BCUT2D eigenvalue weighted by molar-refractivity contribution is 0.459. The maximum Gasteiger partial charge on any atom is 0.204 e. The fourth-order valence-corrected chi connectivity index (χ4v) is 2.60. The zero-order valence-corrected chi connectivity index (χ0v) is 11.0. The lowest BCUT2D eigenvalue weighted by atomic mass is 10.2. The Bertz CT molecular complexity index is 632. The number of nitrogens with two attached hydrogens (primary N) is 1. The Hall–Kier alpha value is -2.05. The molecule has 0 aliphatic rings. The Kier molecular flexibility index (Phi) is 3.35. The van der Waals surface area contributed by atoms with Crippen LogP contribution in [0.25, 0.3) is 11.4 Å². The minimum atomic E-state index is -0.0591. The van der Waals surface area contributed by atoms with Crippen molar-refractivity contribution in [3.63, 3.8) is 0 Å². The highest BCUT2D eigenvalue weighted by Gasteiger charge is 2.16. The summed E-state index contributed by atoms with van der Waals surface area (Å²) in [7, 11) is 0. The van der Waals surface area contributed by atoms with Gasteiger partial charge in [-0.1, -0.05) is 30.3 Å². The van der Waals surface area contributed by atoms with Crippen LogP contribution < -0.4 is 5.73 Å². The standard InChI is InChI=1S/C13H13N5S/c14-8-12(11-6-7-19-9-11)18-16-13(15-17-18)10-4-2-1-3-5-10/h1-7,9,12H,8,14H2. The second-order valence-corrected chi connectivity index (χ2v) is 4.89. The molecule has 0 radical (unpaired) electrons. The van der Waals surface area contributed by atoms with E-state index in [-0.39, 0.29) is 6.04 Å². The second kappa shape index (κ2) is 5.29. The molecule has 5 nitrogen and oxygen atoms in total. The molecule has 96 valence electrons. The molecule has 1 unspecified atom stereocenters. The Labute approximate surface area is 114 Å². The van der Waals surface area contributed by atoms with Crippen molar-refractivity contribution < 1.29 is 0 Å². The van der Waals surface area contributed by atoms with Crippen LogP contribution in [0.5, 0.6) is 0 Å². The molecule has 19 heavy (non-hydrogen) atoms. The van der Waals surface area contributed by atoms with Gasteiger partial charge in [-0.05, 0) is 27.6 Å². The molecule has 3 rings (SSSR count). The van der Waals surface area contributed by atoms with E-state index in [0.717, 1.165) is 11.1 Å². The predicted octanol–water partition coefficient (Wildman–Crippen LogP) is 1.95. The van der Waals surface area contributed by atoms with Gasteiger partial charge in [0, 0.05) is 12.1 Å². The van der Waals surface area contributed by atoms with E-state index in [4.69, 9.17) is 5.73 Å². The van der Waals surface area contributed by atoms with E-state index in [0.29, 0.717) is 12.4 Å². The van der Waals surface area contributed by atoms with Crippen molar-refractivity contribution in [2.75, 3.05) is 6.54 Å². The minimum Gasteiger partial charge on any atom is -0.328 e. The summed E-state index contributed by atoms with van der Waals surface area (Å²) in [6, 6.07) is 11.8. The highest BCUT2D eigenvalue weighted by atomic mass is 32.1. The average Bonchev–Trinajstić information content (AvgIpc) is 3.12. The van der Waals surface area contributed by atoms with Crippen LogP contribution in [0.1, 0.15) is 11.6 Å². The summed E-state index contributed by atoms with van der Waals surface area (Å²) in [5, 5.41) is 16.7. The molecule has 0 aliphatic heterocycles. The summed E-state index contributed by atoms with van der Waals surface area (Å²) in [6.07, 6.45) is 0. The molecule has 1 atom stereocenters. The van der Waals surface area contributed by atoms with Crippen LogP contribution in [0.15, 0.2) is 47.2 Å². The zero-order valence-electron chi connectivity index (χ0n) is 10.2. The highest BCUT2D eigenvalue weighted by molar-refractivity contribution is 7.07. The van der Waals surface area contributed by atoms with E-state index < -0.39 is 0 Å². The second-order valence-electron chi connectivity index (χ2n) is 4.11. The van der Waals surface area contributed by atoms with Gasteiger partial charge in [-0.25, -0.2) is 0 Å². The SMILES string of the molecule is NCC(c1ccsc1)n1nnc(-c2ccccc2)n1. The van der Waals surface area contributed by atoms with Crippen LogP contribution in [-0.2, 0) is 0 Å². The third-order valence-electron chi connectivity index (χ3n) is 2.89. The van der Waals surface area contributed by atoms with Gasteiger partial charge >= 0.3 is 0 Å². The largest absolute Gasteiger partial charge is 0.328 e. The number of hydrogen-bond acceptors (Lipinski definition) is 5. The van der Waals surface area contributed by atoms with E-state index in [1.165, 1.54) is 0 Å². The van der Waals surface area contributed by atoms with Crippen molar-refractivity contribution in [3.05, 3.63) is 52.7 Å². The fourth-order valence-electron chi connectivity index (χ4n) is 1.89. The summed E-state index contributed by atoms with van der Waals surface area (Å²) in [4.78, 5) is 1.59. The molecule has 6 heteroatoms. The Morgan fingerprint density at radius 3 is 2.74 bits per heavy atom. The highest BCUT2D eigenvalue weighted by Crippen LogP contribution is 2.20. The first kappa shape index (κ1) is 12.0. The van der Waals surface area contributed by atoms with Crippen LogP contribution >= 0.6 is 11.3 Å². The normalized spacial score (nSPS) is 12.5. The smallest absolute Gasteiger partial charge is 0.204 e. The van der Waals surface area contributed by atoms with E-state index >= 15 is 0 Å². The number of aromatic nitrogens is 4. The fraction of sp³-hybridized carbons (Fsp3) is 0.154. The minimum absolute atomic E-state index is 0.0591. The van der Waals surface area contributed by atoms with Crippen molar-refractivity contribution in [2.45, 2.75) is 6.04 Å². The number of hydrogen-bond donors (Lipinski definition) is 1. The average molecular weight is 271 g/mol. The molecule has 0 saturated carbocycles. The number of benzene rings is 1. The molecule has 1 aromatic carbocycles. The Balaban J connectivity index is 1.93. The van der Waals surface area contributed by atoms with Crippen LogP contribution in [-0.4, -0.2) is 26.8 Å². The van der Waals surface area contributed by atoms with Gasteiger partial charge in [0.25, 0.3) is 0 Å². The van der Waals surface area contributed by atoms with E-state index in [1.54, 1.807) is 16.1 Å². The molecule has 0 aliphatic carbocycles. The zero-order chi connectivity index (χ0) is 13.1. The van der Waals surface area contributed by atoms with Crippen molar-refractivity contribution >= 4 is 11.3 Å². The van der Waals surface area contributed by atoms with Gasteiger partial charge in [0.2, 0.25) is 5.82 Å². The molecule has 2 N–H and O–H groups in total. The van der Waals surface area contributed by atoms with Crippen LogP contribution in [0.3, 0.4) is 0 Å². The number of rotatable bonds is 4. The maximum absolute atomic E-state index is 5.82. The maximum atomic E-state index is 5.82. The molecule has 0 spiro atoms. The summed E-state index contributed by atoms with van der Waals surface area (Å²) < 4.78 is 0. The van der Waals surface area contributed by atoms with Crippen molar-refractivity contribution in [2.24, 2.45) is 5.73 Å². The van der Waals surface area contributed by atoms with Crippen LogP contribution in [0.2, 0.25) is 0 Å². The molecule has 0 fully saturated rings. The van der Waals surface area contributed by atoms with Gasteiger partial charge in [0.1, 0.15) is 6.04 Å². The molecule has 2 heterocycles. The Morgan fingerprint density at radius 1 is 1.21 bits per heavy atom. The topological polar surface area (TPSA) is 69.6 Å². The predicted molar refractivity (Wildman–Crippen MR) is 74.8 cm³/mol. The summed E-state index contributed by atoms with van der Waals surface area (Å²) in [5.74, 6) is 0.620. The molecule has 0 saturated heterocycles. The molecular formula is C13H13N5S. The van der Waals surface area contributed by atoms with Gasteiger partial charge < -0.3 is 5.73 Å². The summed E-state index contributed by atoms with van der Waals surface area (Å²) in [5.41, 5.74) is 7.89. The van der Waals surface area contributed by atoms with E-state index in [1.807, 2.05) is 41.8 Å². The summed E-state index contributed by atoms with van der Waals surface area (Å²) in [6.45, 7) is 0.446. The van der Waals surface area contributed by atoms with Gasteiger partial charge in [-0.15, -0.1) is 10.2 Å². The first-order valence-corrected chi connectivity index (χ1v) is 6.90. The van der Waals surface area contributed by atoms with E-state index in [9.17, 15) is 0 Å². The monoisotopic (exact) mass is 271 g/mol. The lowest BCUT2D eigenvalue weighted by Gasteiger charge is -2.10. The van der Waals surface area contributed by atoms with Crippen molar-refractivity contribution in [3.8, 4) is 11.4 Å². The molecule has 3 aromatic rings. The van der Waals surface area contributed by atoms with Crippen LogP contribution in [0, 0.1) is 0 Å². The Morgan fingerprint density at radius 2 is 2.05 bits per heavy atom. The van der Waals surface area contributed by atoms with Gasteiger partial charge in [-0.3, -0.25) is 0 Å². The number of thiophene rings is 1. The van der Waals surface area contributed by atoms with Crippen LogP contribution in [0.4, 0.5) is 0 Å². The van der Waals surface area contributed by atoms with Gasteiger partial charge in [0.05, 0.1) is 0 Å². The molecular weight excluding hydrogens is 258 g/mol.